The minimum Gasteiger partial charge on any atom is -0.477 e. The maximum absolute atomic E-state index is 14.7. The molecule has 54 heavy (non-hydrogen) atoms. The molecule has 5 aliphatic rings. The third-order valence-corrected chi connectivity index (χ3v) is 12.0. The molecule has 1 unspecified atom stereocenters. The molecule has 1 amide bonds. The van der Waals surface area contributed by atoms with Crippen LogP contribution in [0.3, 0.4) is 0 Å². The number of aromatic nitrogens is 3. The second kappa shape index (κ2) is 13.5. The van der Waals surface area contributed by atoms with Gasteiger partial charge in [-0.1, -0.05) is 25.1 Å². The van der Waals surface area contributed by atoms with E-state index in [2.05, 4.69) is 35.3 Å². The van der Waals surface area contributed by atoms with Crippen molar-refractivity contribution in [1.82, 2.24) is 30.1 Å². The summed E-state index contributed by atoms with van der Waals surface area (Å²) in [5.74, 6) is 0.941. The normalized spacial score (nSPS) is 27.4. The average molecular weight is 741 g/mol. The van der Waals surface area contributed by atoms with E-state index in [1.54, 1.807) is 7.11 Å². The van der Waals surface area contributed by atoms with Crippen LogP contribution in [0.5, 0.6) is 17.6 Å². The number of halogens is 1. The van der Waals surface area contributed by atoms with E-state index in [0.29, 0.717) is 54.4 Å². The summed E-state index contributed by atoms with van der Waals surface area (Å²) in [5.41, 5.74) is 3.13. The van der Waals surface area contributed by atoms with Crippen molar-refractivity contribution >= 4 is 27.8 Å². The van der Waals surface area contributed by atoms with E-state index in [-0.39, 0.29) is 48.6 Å². The zero-order chi connectivity index (χ0) is 37.4. The van der Waals surface area contributed by atoms with Crippen LogP contribution in [0.4, 0.5) is 9.18 Å². The molecule has 2 aromatic heterocycles. The first-order valence-corrected chi connectivity index (χ1v) is 19.4. The van der Waals surface area contributed by atoms with Gasteiger partial charge in [-0.3, -0.25) is 15.1 Å². The van der Waals surface area contributed by atoms with Crippen LogP contribution >= 0.6 is 0 Å². The number of pyridine rings is 1. The monoisotopic (exact) mass is 740 g/mol. The minimum atomic E-state index is -0.869. The van der Waals surface area contributed by atoms with Gasteiger partial charge in [-0.15, -0.1) is 0 Å². The summed E-state index contributed by atoms with van der Waals surface area (Å²) in [6.07, 6.45) is 3.33. The summed E-state index contributed by atoms with van der Waals surface area (Å²) in [6.45, 7) is 9.83. The van der Waals surface area contributed by atoms with Crippen molar-refractivity contribution < 1.29 is 32.9 Å². The molecule has 2 bridgehead atoms. The second-order valence-electron chi connectivity index (χ2n) is 16.5. The molecule has 0 spiro atoms. The van der Waals surface area contributed by atoms with Crippen LogP contribution < -0.4 is 19.5 Å². The lowest BCUT2D eigenvalue weighted by molar-refractivity contribution is -0.0192. The van der Waals surface area contributed by atoms with Crippen molar-refractivity contribution in [3.63, 3.8) is 0 Å². The summed E-state index contributed by atoms with van der Waals surface area (Å²) in [6, 6.07) is 12.1. The lowest BCUT2D eigenvalue weighted by Gasteiger charge is -2.44. The van der Waals surface area contributed by atoms with Gasteiger partial charge >= 0.3 is 12.1 Å². The Morgan fingerprint density at radius 3 is 2.80 bits per heavy atom. The fourth-order valence-corrected chi connectivity index (χ4v) is 9.71. The molecule has 286 valence electrons. The van der Waals surface area contributed by atoms with E-state index in [0.717, 1.165) is 60.7 Å². The fraction of sp³-hybridized carbons (Fsp3) is 0.561. The lowest BCUT2D eigenvalue weighted by Crippen LogP contribution is -2.60. The SMILES string of the molecule is CCc1cccc2cc(OCOC)cc(-c3cc4nc(OC[C@]56CCCN5C[C@@H](F)C6)nc5c4c(n3)OC[C@@H]3C5N[C@@H]4CC[C@H]3N4C(=O)OC(C)(C)C)c12. The van der Waals surface area contributed by atoms with Gasteiger partial charge in [-0.25, -0.2) is 14.2 Å². The van der Waals surface area contributed by atoms with Gasteiger partial charge in [-0.2, -0.15) is 9.97 Å². The molecule has 5 aliphatic heterocycles. The second-order valence-corrected chi connectivity index (χ2v) is 16.5. The van der Waals surface area contributed by atoms with Crippen LogP contribution in [-0.2, 0) is 15.9 Å². The van der Waals surface area contributed by atoms with Gasteiger partial charge < -0.3 is 23.7 Å². The Hall–Kier alpha value is -4.33. The highest BCUT2D eigenvalue weighted by molar-refractivity contribution is 6.01. The Kier molecular flexibility index (Phi) is 8.81. The number of alkyl halides is 1. The number of carbonyl (C=O) groups is 1. The van der Waals surface area contributed by atoms with Gasteiger partial charge in [0.05, 0.1) is 46.6 Å². The van der Waals surface area contributed by atoms with Crippen LogP contribution in [0.25, 0.3) is 32.9 Å². The third kappa shape index (κ3) is 6.08. The van der Waals surface area contributed by atoms with Crippen molar-refractivity contribution in [2.45, 2.75) is 102 Å². The quantitative estimate of drug-likeness (QED) is 0.194. The van der Waals surface area contributed by atoms with Gasteiger partial charge in [-0.05, 0) is 94.0 Å². The molecular weight excluding hydrogens is 691 g/mol. The topological polar surface area (TPSA) is 120 Å². The molecule has 1 N–H and O–H groups in total. The molecule has 4 aromatic rings. The molecule has 0 radical (unpaired) electrons. The highest BCUT2D eigenvalue weighted by Crippen LogP contribution is 2.48. The van der Waals surface area contributed by atoms with Gasteiger partial charge in [0.2, 0.25) is 5.88 Å². The molecule has 2 aromatic carbocycles. The number of hydrogen-bond acceptors (Lipinski definition) is 11. The molecule has 7 heterocycles. The molecule has 0 aliphatic carbocycles. The standard InChI is InChI=1S/C41H49FN6O6/c1-6-23-9-7-10-24-15-26(53-22-50-5)16-27(33(23)24)29-17-30-34-36(46-38(44-30)52-21-41-13-8-14-47(41)19-25(42)18-41)35-28(20-51-37(34)43-29)31-11-12-32(45-35)48(31)39(49)54-40(2,3)4/h7,9-10,15-17,25,28,31-32,35,45H,6,8,11-14,18-22H2,1-5H3/t25-,28-,31+,32-,35?,41+/m0/s1. The van der Waals surface area contributed by atoms with Gasteiger partial charge in [0.15, 0.2) is 6.79 Å². The number of rotatable bonds is 8. The summed E-state index contributed by atoms with van der Waals surface area (Å²) in [4.78, 5) is 33.1. The Bertz CT molecular complexity index is 2110. The van der Waals surface area contributed by atoms with Gasteiger partial charge in [0, 0.05) is 37.6 Å². The van der Waals surface area contributed by atoms with Crippen molar-refractivity contribution in [2.75, 3.05) is 40.2 Å². The fourth-order valence-electron chi connectivity index (χ4n) is 9.71. The molecule has 4 saturated heterocycles. The van der Waals surface area contributed by atoms with E-state index >= 15 is 0 Å². The smallest absolute Gasteiger partial charge is 0.411 e. The van der Waals surface area contributed by atoms with Crippen LogP contribution in [0.15, 0.2) is 36.4 Å². The summed E-state index contributed by atoms with van der Waals surface area (Å²) in [7, 11) is 1.60. The Labute approximate surface area is 314 Å². The Balaban J connectivity index is 1.17. The van der Waals surface area contributed by atoms with Crippen molar-refractivity contribution in [3.8, 4) is 28.9 Å². The van der Waals surface area contributed by atoms with Crippen LogP contribution in [0.1, 0.15) is 77.1 Å². The summed E-state index contributed by atoms with van der Waals surface area (Å²) in [5, 5.41) is 6.58. The number of nitrogens with one attached hydrogen (secondary N) is 1. The summed E-state index contributed by atoms with van der Waals surface area (Å²) < 4.78 is 45.1. The van der Waals surface area contributed by atoms with Crippen LogP contribution in [-0.4, -0.2) is 101 Å². The lowest BCUT2D eigenvalue weighted by atomic mass is 9.87. The summed E-state index contributed by atoms with van der Waals surface area (Å²) >= 11 is 0. The van der Waals surface area contributed by atoms with Crippen molar-refractivity contribution in [1.29, 1.82) is 0 Å². The number of nitrogens with zero attached hydrogens (tertiary/aromatic N) is 5. The number of hydrogen-bond donors (Lipinski definition) is 1. The molecule has 0 saturated carbocycles. The Morgan fingerprint density at radius 2 is 1.98 bits per heavy atom. The van der Waals surface area contributed by atoms with Crippen LogP contribution in [0, 0.1) is 5.92 Å². The van der Waals surface area contributed by atoms with E-state index in [4.69, 9.17) is 38.6 Å². The molecular formula is C41H49FN6O6. The number of methoxy groups -OCH3 is 1. The number of benzene rings is 2. The highest BCUT2D eigenvalue weighted by Gasteiger charge is 2.53. The number of fused-ring (bicyclic) bond motifs is 7. The van der Waals surface area contributed by atoms with Crippen molar-refractivity contribution in [2.24, 2.45) is 5.92 Å². The molecule has 12 nitrogen and oxygen atoms in total. The maximum Gasteiger partial charge on any atom is 0.411 e. The number of carbonyl (C=O) groups excluding carboxylic acids is 1. The number of aryl methyl sites for hydroxylation is 1. The van der Waals surface area contributed by atoms with Gasteiger partial charge in [0.25, 0.3) is 0 Å². The largest absolute Gasteiger partial charge is 0.477 e. The zero-order valence-electron chi connectivity index (χ0n) is 31.7. The van der Waals surface area contributed by atoms with Gasteiger partial charge in [0.1, 0.15) is 24.1 Å². The highest BCUT2D eigenvalue weighted by atomic mass is 19.1. The first-order valence-electron chi connectivity index (χ1n) is 19.4. The van der Waals surface area contributed by atoms with Crippen molar-refractivity contribution in [3.05, 3.63) is 47.7 Å². The van der Waals surface area contributed by atoms with E-state index in [1.165, 1.54) is 5.56 Å². The first kappa shape index (κ1) is 35.4. The predicted molar refractivity (Wildman–Crippen MR) is 200 cm³/mol. The predicted octanol–water partition coefficient (Wildman–Crippen LogP) is 6.72. The zero-order valence-corrected chi connectivity index (χ0v) is 31.7. The maximum atomic E-state index is 14.7. The first-order chi connectivity index (χ1) is 26.0. The van der Waals surface area contributed by atoms with E-state index < -0.39 is 11.8 Å². The van der Waals surface area contributed by atoms with E-state index in [1.807, 2.05) is 43.9 Å². The number of amides is 1. The molecule has 4 fully saturated rings. The Morgan fingerprint density at radius 1 is 1.11 bits per heavy atom. The van der Waals surface area contributed by atoms with E-state index in [9.17, 15) is 9.18 Å². The molecule has 13 heteroatoms. The van der Waals surface area contributed by atoms with Crippen LogP contribution in [0.2, 0.25) is 0 Å². The minimum absolute atomic E-state index is 0.107. The molecule has 6 atom stereocenters. The molecule has 9 rings (SSSR count). The average Bonchev–Trinajstić information content (AvgIpc) is 3.75. The third-order valence-electron chi connectivity index (χ3n) is 12.0. The number of ether oxygens (including phenoxy) is 5.